The minimum Gasteiger partial charge on any atom is -0.486 e. The van der Waals surface area contributed by atoms with Gasteiger partial charge < -0.3 is 10.1 Å². The number of fused-ring (bicyclic) bond motifs is 1. The maximum atomic E-state index is 12.1. The van der Waals surface area contributed by atoms with E-state index >= 15 is 0 Å². The number of nitrogens with one attached hydrogen (secondary N) is 1. The van der Waals surface area contributed by atoms with Crippen molar-refractivity contribution in [1.82, 2.24) is 10.3 Å². The summed E-state index contributed by atoms with van der Waals surface area (Å²) in [6.45, 7) is 0.459. The van der Waals surface area contributed by atoms with Crippen LogP contribution in [-0.4, -0.2) is 29.3 Å². The van der Waals surface area contributed by atoms with Crippen LogP contribution in [0.15, 0.2) is 58.4 Å². The molecule has 3 aromatic rings. The minimum absolute atomic E-state index is 0.0322. The van der Waals surface area contributed by atoms with Crippen LogP contribution in [0, 0.1) is 0 Å². The van der Waals surface area contributed by atoms with Crippen molar-refractivity contribution in [3.05, 3.63) is 63.9 Å². The highest BCUT2D eigenvalue weighted by molar-refractivity contribution is 7.99. The van der Waals surface area contributed by atoms with Crippen molar-refractivity contribution in [2.45, 2.75) is 17.6 Å². The Kier molecular flexibility index (Phi) is 5.66. The van der Waals surface area contributed by atoms with E-state index in [-0.39, 0.29) is 12.0 Å². The second kappa shape index (κ2) is 8.33. The Morgan fingerprint density at radius 1 is 1.33 bits per heavy atom. The molecule has 1 aliphatic heterocycles. The van der Waals surface area contributed by atoms with E-state index in [9.17, 15) is 4.79 Å². The lowest BCUT2D eigenvalue weighted by molar-refractivity contribution is -0.118. The number of carbonyl (C=O) groups is 1. The molecule has 1 aliphatic rings. The fourth-order valence-electron chi connectivity index (χ4n) is 2.95. The number of hydrogen-bond acceptors (Lipinski definition) is 5. The molecule has 27 heavy (non-hydrogen) atoms. The smallest absolute Gasteiger partial charge is 0.230 e. The average molecular weight is 417 g/mol. The number of rotatable bonds is 6. The van der Waals surface area contributed by atoms with Gasteiger partial charge in [-0.05, 0) is 52.2 Å². The maximum Gasteiger partial charge on any atom is 0.230 e. The topological polar surface area (TPSA) is 51.2 Å². The first-order valence-electron chi connectivity index (χ1n) is 8.51. The molecule has 0 spiro atoms. The van der Waals surface area contributed by atoms with Crippen molar-refractivity contribution in [3.8, 4) is 16.9 Å². The summed E-state index contributed by atoms with van der Waals surface area (Å²) in [5.41, 5.74) is 3.35. The molecule has 7 heteroatoms. The summed E-state index contributed by atoms with van der Waals surface area (Å²) in [5, 5.41) is 8.55. The third-order valence-corrected chi connectivity index (χ3v) is 6.13. The summed E-state index contributed by atoms with van der Waals surface area (Å²) in [4.78, 5) is 16.3. The van der Waals surface area contributed by atoms with Crippen molar-refractivity contribution in [2.75, 3.05) is 12.3 Å². The highest BCUT2D eigenvalue weighted by Gasteiger charge is 2.26. The van der Waals surface area contributed by atoms with E-state index in [1.54, 1.807) is 17.5 Å². The zero-order chi connectivity index (χ0) is 18.6. The van der Waals surface area contributed by atoms with Gasteiger partial charge in [0, 0.05) is 18.2 Å². The van der Waals surface area contributed by atoms with Gasteiger partial charge in [-0.1, -0.05) is 29.4 Å². The fraction of sp³-hybridized carbons (Fsp3) is 0.200. The van der Waals surface area contributed by atoms with E-state index in [2.05, 4.69) is 27.8 Å². The molecule has 3 heterocycles. The molecule has 1 N–H and O–H groups in total. The number of amides is 1. The Morgan fingerprint density at radius 3 is 3.04 bits per heavy atom. The Bertz CT molecular complexity index is 933. The summed E-state index contributed by atoms with van der Waals surface area (Å²) < 4.78 is 5.96. The Morgan fingerprint density at radius 2 is 2.26 bits per heavy atom. The normalized spacial score (nSPS) is 15.2. The van der Waals surface area contributed by atoms with Gasteiger partial charge in [0.05, 0.1) is 22.3 Å². The molecule has 0 saturated carbocycles. The van der Waals surface area contributed by atoms with Crippen LogP contribution in [0.2, 0.25) is 5.02 Å². The molecule has 4 rings (SSSR count). The average Bonchev–Trinajstić information content (AvgIpc) is 3.35. The molecule has 0 radical (unpaired) electrons. The fourth-order valence-corrected chi connectivity index (χ4v) is 4.59. The summed E-state index contributed by atoms with van der Waals surface area (Å²) >= 11 is 9.50. The van der Waals surface area contributed by atoms with E-state index in [1.807, 2.05) is 29.6 Å². The third kappa shape index (κ3) is 4.46. The second-order valence-electron chi connectivity index (χ2n) is 6.16. The van der Waals surface area contributed by atoms with Crippen LogP contribution in [0.5, 0.6) is 5.75 Å². The van der Waals surface area contributed by atoms with Crippen LogP contribution < -0.4 is 10.1 Å². The number of ether oxygens (including phenoxy) is 1. The predicted molar refractivity (Wildman–Crippen MR) is 111 cm³/mol. The molecule has 1 unspecified atom stereocenters. The van der Waals surface area contributed by atoms with Gasteiger partial charge in [0.15, 0.2) is 0 Å². The number of aromatic nitrogens is 1. The lowest BCUT2D eigenvalue weighted by atomic mass is 10.0. The quantitative estimate of drug-likeness (QED) is 0.593. The summed E-state index contributed by atoms with van der Waals surface area (Å²) in [7, 11) is 0. The van der Waals surface area contributed by atoms with E-state index in [4.69, 9.17) is 16.3 Å². The summed E-state index contributed by atoms with van der Waals surface area (Å²) in [6, 6.07) is 11.8. The Labute approximate surface area is 170 Å². The van der Waals surface area contributed by atoms with Gasteiger partial charge in [-0.25, -0.2) is 4.98 Å². The van der Waals surface area contributed by atoms with Gasteiger partial charge in [-0.15, -0.1) is 0 Å². The second-order valence-corrected chi connectivity index (χ2v) is 8.35. The first-order valence-corrected chi connectivity index (χ1v) is 10.8. The molecule has 138 valence electrons. The highest BCUT2D eigenvalue weighted by atomic mass is 35.5. The third-order valence-electron chi connectivity index (χ3n) is 4.22. The first-order chi connectivity index (χ1) is 13.2. The maximum absolute atomic E-state index is 12.1. The predicted octanol–water partition coefficient (Wildman–Crippen LogP) is 4.68. The van der Waals surface area contributed by atoms with Gasteiger partial charge in [0.2, 0.25) is 5.91 Å². The van der Waals surface area contributed by atoms with Crippen LogP contribution >= 0.6 is 34.7 Å². The molecule has 0 saturated heterocycles. The molecular weight excluding hydrogens is 400 g/mol. The Balaban J connectivity index is 1.32. The molecule has 1 amide bonds. The van der Waals surface area contributed by atoms with Gasteiger partial charge in [0.1, 0.15) is 11.9 Å². The van der Waals surface area contributed by atoms with E-state index in [1.165, 1.54) is 11.8 Å². The number of pyridine rings is 1. The van der Waals surface area contributed by atoms with Crippen LogP contribution in [0.4, 0.5) is 0 Å². The van der Waals surface area contributed by atoms with Crippen molar-refractivity contribution in [3.63, 3.8) is 0 Å². The zero-order valence-corrected chi connectivity index (χ0v) is 16.7. The molecule has 0 aliphatic carbocycles. The van der Waals surface area contributed by atoms with E-state index in [0.29, 0.717) is 17.3 Å². The molecule has 4 nitrogen and oxygen atoms in total. The number of carbonyl (C=O) groups excluding carboxylic acids is 1. The largest absolute Gasteiger partial charge is 0.486 e. The molecule has 1 atom stereocenters. The molecule has 0 bridgehead atoms. The summed E-state index contributed by atoms with van der Waals surface area (Å²) in [5.74, 6) is 1.03. The SMILES string of the molecule is O=C(CSc1ccccn1)NCC1Cc2cc(-c3ccsc3)cc(Cl)c2O1. The molecule has 0 fully saturated rings. The lowest BCUT2D eigenvalue weighted by Gasteiger charge is -2.12. The lowest BCUT2D eigenvalue weighted by Crippen LogP contribution is -2.35. The number of halogens is 1. The Hall–Kier alpha value is -2.02. The molecular formula is C20H17ClN2O2S2. The summed E-state index contributed by atoms with van der Waals surface area (Å²) in [6.07, 6.45) is 2.36. The number of thiophene rings is 1. The van der Waals surface area contributed by atoms with E-state index in [0.717, 1.165) is 33.9 Å². The van der Waals surface area contributed by atoms with Crippen LogP contribution in [-0.2, 0) is 11.2 Å². The zero-order valence-electron chi connectivity index (χ0n) is 14.4. The van der Waals surface area contributed by atoms with Crippen molar-refractivity contribution in [2.24, 2.45) is 0 Å². The minimum atomic E-state index is -0.0981. The van der Waals surface area contributed by atoms with Gasteiger partial charge in [-0.2, -0.15) is 11.3 Å². The number of benzene rings is 1. The van der Waals surface area contributed by atoms with Gasteiger partial charge in [-0.3, -0.25) is 4.79 Å². The number of hydrogen-bond donors (Lipinski definition) is 1. The monoisotopic (exact) mass is 416 g/mol. The van der Waals surface area contributed by atoms with Crippen LogP contribution in [0.1, 0.15) is 5.56 Å². The van der Waals surface area contributed by atoms with Crippen LogP contribution in [0.3, 0.4) is 0 Å². The number of thioether (sulfide) groups is 1. The first kappa shape index (κ1) is 18.3. The van der Waals surface area contributed by atoms with Crippen molar-refractivity contribution < 1.29 is 9.53 Å². The number of nitrogens with zero attached hydrogens (tertiary/aromatic N) is 1. The standard InChI is InChI=1S/C20H17ClN2O2S2/c21-17-9-14(13-4-6-26-11-13)7-15-8-16(25-20(15)17)10-23-18(24)12-27-19-3-1-2-5-22-19/h1-7,9,11,16H,8,10,12H2,(H,23,24). The van der Waals surface area contributed by atoms with Gasteiger partial charge in [0.25, 0.3) is 0 Å². The molecule has 2 aromatic heterocycles. The molecule has 1 aromatic carbocycles. The van der Waals surface area contributed by atoms with Gasteiger partial charge >= 0.3 is 0 Å². The van der Waals surface area contributed by atoms with Crippen molar-refractivity contribution >= 4 is 40.6 Å². The van der Waals surface area contributed by atoms with Crippen molar-refractivity contribution in [1.29, 1.82) is 0 Å². The van der Waals surface area contributed by atoms with Crippen LogP contribution in [0.25, 0.3) is 11.1 Å². The van der Waals surface area contributed by atoms with E-state index < -0.39 is 0 Å². The highest BCUT2D eigenvalue weighted by Crippen LogP contribution is 2.39.